The molecule has 0 saturated carbocycles. The smallest absolute Gasteiger partial charge is 0.189 e. The molecule has 60 valence electrons. The summed E-state index contributed by atoms with van der Waals surface area (Å²) in [5.74, 6) is 0. The van der Waals surface area contributed by atoms with Gasteiger partial charge in [0.2, 0.25) is 0 Å². The van der Waals surface area contributed by atoms with Gasteiger partial charge in [-0.3, -0.25) is 0 Å². The van der Waals surface area contributed by atoms with Crippen LogP contribution in [-0.2, 0) is 0 Å². The minimum absolute atomic E-state index is 0.734. The van der Waals surface area contributed by atoms with Crippen molar-refractivity contribution in [2.75, 3.05) is 0 Å². The van der Waals surface area contributed by atoms with E-state index in [9.17, 15) is 8.78 Å². The number of alkyl halides is 3. The van der Waals surface area contributed by atoms with E-state index in [2.05, 4.69) is 15.9 Å². The van der Waals surface area contributed by atoms with Gasteiger partial charge in [0.1, 0.15) is 0 Å². The molecule has 0 aliphatic rings. The molecule has 0 atom stereocenters. The average molecular weight is 213 g/mol. The molecule has 0 aliphatic carbocycles. The number of hydrogen-bond donors (Lipinski definition) is 0. The van der Waals surface area contributed by atoms with Gasteiger partial charge in [-0.2, -0.15) is 8.78 Å². The first-order valence-electron chi connectivity index (χ1n) is 3.30. The topological polar surface area (TPSA) is 0 Å². The molecule has 0 radical (unpaired) electrons. The third-order valence-corrected chi connectivity index (χ3v) is 1.30. The molecule has 0 amide bonds. The zero-order valence-corrected chi connectivity index (χ0v) is 7.50. The summed E-state index contributed by atoms with van der Waals surface area (Å²) >= 11 is 2.21. The van der Waals surface area contributed by atoms with E-state index in [0.29, 0.717) is 0 Å². The van der Waals surface area contributed by atoms with Crippen LogP contribution < -0.4 is 0 Å². The van der Waals surface area contributed by atoms with E-state index in [-0.39, 0.29) is 0 Å². The Kier molecular flexibility index (Phi) is 4.87. The largest absolute Gasteiger partial charge is 0.319 e. The highest BCUT2D eigenvalue weighted by Crippen LogP contribution is 2.23. The fourth-order valence-electron chi connectivity index (χ4n) is 0.539. The van der Waals surface area contributed by atoms with Crippen molar-refractivity contribution in [3.8, 4) is 0 Å². The second-order valence-electron chi connectivity index (χ2n) is 2.09. The van der Waals surface area contributed by atoms with E-state index in [1.54, 1.807) is 0 Å². The number of hydrogen-bond acceptors (Lipinski definition) is 0. The second kappa shape index (κ2) is 4.83. The molecule has 0 aromatic carbocycles. The summed E-state index contributed by atoms with van der Waals surface area (Å²) in [4.78, 5) is -2.82. The molecule has 0 aromatic rings. The van der Waals surface area contributed by atoms with Crippen LogP contribution in [0.5, 0.6) is 0 Å². The summed E-state index contributed by atoms with van der Waals surface area (Å²) in [5, 5.41) is 0. The molecule has 0 spiro atoms. The average Bonchev–Trinajstić information content (AvgIpc) is 1.78. The molecule has 0 rings (SSSR count). The predicted molar refractivity (Wildman–Crippen MR) is 42.5 cm³/mol. The standard InChI is InChI=1S/C7H11BrF2/c1-2-3-4-5-6-7(8,9)10/h5-6H,2-4H2,1H3. The Morgan fingerprint density at radius 2 is 2.10 bits per heavy atom. The summed E-state index contributed by atoms with van der Waals surface area (Å²) < 4.78 is 24.0. The molecular formula is C7H11BrF2. The SMILES string of the molecule is CCCCC=CC(F)(F)Br. The maximum atomic E-state index is 12.0. The highest BCUT2D eigenvalue weighted by atomic mass is 79.9. The maximum Gasteiger partial charge on any atom is 0.319 e. The van der Waals surface area contributed by atoms with Crippen LogP contribution >= 0.6 is 15.9 Å². The van der Waals surface area contributed by atoms with Crippen molar-refractivity contribution in [2.45, 2.75) is 31.0 Å². The zero-order chi connectivity index (χ0) is 8.04. The quantitative estimate of drug-likeness (QED) is 0.379. The van der Waals surface area contributed by atoms with Crippen molar-refractivity contribution in [2.24, 2.45) is 0 Å². The van der Waals surface area contributed by atoms with Crippen molar-refractivity contribution >= 4 is 15.9 Å². The Bertz CT molecular complexity index is 105. The summed E-state index contributed by atoms with van der Waals surface area (Å²) in [6, 6.07) is 0. The lowest BCUT2D eigenvalue weighted by atomic mass is 10.2. The molecule has 0 fully saturated rings. The van der Waals surface area contributed by atoms with Gasteiger partial charge in [-0.25, -0.2) is 0 Å². The third kappa shape index (κ3) is 8.08. The molecule has 0 saturated heterocycles. The zero-order valence-electron chi connectivity index (χ0n) is 5.91. The Balaban J connectivity index is 3.37. The molecule has 3 heteroatoms. The van der Waals surface area contributed by atoms with E-state index in [1.807, 2.05) is 6.92 Å². The van der Waals surface area contributed by atoms with Gasteiger partial charge >= 0.3 is 4.83 Å². The fraction of sp³-hybridized carbons (Fsp3) is 0.714. The van der Waals surface area contributed by atoms with Crippen molar-refractivity contribution in [1.29, 1.82) is 0 Å². The van der Waals surface area contributed by atoms with Crippen molar-refractivity contribution in [3.05, 3.63) is 12.2 Å². The van der Waals surface area contributed by atoms with Gasteiger partial charge in [-0.15, -0.1) is 0 Å². The van der Waals surface area contributed by atoms with Crippen LogP contribution in [0, 0.1) is 0 Å². The van der Waals surface area contributed by atoms with Gasteiger partial charge < -0.3 is 0 Å². The van der Waals surface area contributed by atoms with Crippen LogP contribution in [0.1, 0.15) is 26.2 Å². The Morgan fingerprint density at radius 1 is 1.50 bits per heavy atom. The van der Waals surface area contributed by atoms with Crippen molar-refractivity contribution in [3.63, 3.8) is 0 Å². The van der Waals surface area contributed by atoms with Crippen LogP contribution in [-0.4, -0.2) is 4.83 Å². The van der Waals surface area contributed by atoms with Crippen LogP contribution in [0.2, 0.25) is 0 Å². The minimum Gasteiger partial charge on any atom is -0.189 e. The van der Waals surface area contributed by atoms with Crippen LogP contribution in [0.3, 0.4) is 0 Å². The van der Waals surface area contributed by atoms with Crippen molar-refractivity contribution in [1.82, 2.24) is 0 Å². The van der Waals surface area contributed by atoms with Crippen LogP contribution in [0.25, 0.3) is 0 Å². The molecule has 0 aliphatic heterocycles. The van der Waals surface area contributed by atoms with E-state index in [0.717, 1.165) is 25.3 Å². The highest BCUT2D eigenvalue weighted by molar-refractivity contribution is 9.10. The van der Waals surface area contributed by atoms with Crippen LogP contribution in [0.15, 0.2) is 12.2 Å². The molecule has 10 heavy (non-hydrogen) atoms. The van der Waals surface area contributed by atoms with E-state index >= 15 is 0 Å². The number of rotatable bonds is 4. The molecule has 0 nitrogen and oxygen atoms in total. The molecule has 0 bridgehead atoms. The van der Waals surface area contributed by atoms with Crippen molar-refractivity contribution < 1.29 is 8.78 Å². The van der Waals surface area contributed by atoms with Gasteiger partial charge in [-0.1, -0.05) is 25.8 Å². The van der Waals surface area contributed by atoms with E-state index < -0.39 is 4.83 Å². The second-order valence-corrected chi connectivity index (χ2v) is 3.14. The van der Waals surface area contributed by atoms with Gasteiger partial charge in [0, 0.05) is 0 Å². The molecular weight excluding hydrogens is 202 g/mol. The lowest BCUT2D eigenvalue weighted by Crippen LogP contribution is -1.96. The Hall–Kier alpha value is 0.0800. The predicted octanol–water partition coefficient (Wildman–Crippen LogP) is 3.72. The minimum atomic E-state index is -2.82. The lowest BCUT2D eigenvalue weighted by Gasteiger charge is -1.98. The van der Waals surface area contributed by atoms with Crippen LogP contribution in [0.4, 0.5) is 8.78 Å². The highest BCUT2D eigenvalue weighted by Gasteiger charge is 2.17. The maximum absolute atomic E-state index is 12.0. The molecule has 0 N–H and O–H groups in total. The first kappa shape index (κ1) is 10.1. The van der Waals surface area contributed by atoms with Gasteiger partial charge in [0.15, 0.2) is 0 Å². The summed E-state index contributed by atoms with van der Waals surface area (Å²) in [5.41, 5.74) is 0. The van der Waals surface area contributed by atoms with Gasteiger partial charge in [-0.05, 0) is 28.4 Å². The fourth-order valence-corrected chi connectivity index (χ4v) is 0.726. The van der Waals surface area contributed by atoms with E-state index in [1.165, 1.54) is 6.08 Å². The van der Waals surface area contributed by atoms with E-state index in [4.69, 9.17) is 0 Å². The molecule has 0 unspecified atom stereocenters. The first-order chi connectivity index (χ1) is 4.56. The Morgan fingerprint density at radius 3 is 2.50 bits per heavy atom. The lowest BCUT2D eigenvalue weighted by molar-refractivity contribution is 0.171. The number of halogens is 3. The Labute approximate surface area is 68.4 Å². The normalized spacial score (nSPS) is 12.8. The molecule has 0 aromatic heterocycles. The number of unbranched alkanes of at least 4 members (excludes halogenated alkanes) is 2. The van der Waals surface area contributed by atoms with Gasteiger partial charge in [0.05, 0.1) is 0 Å². The summed E-state index contributed by atoms with van der Waals surface area (Å²) in [6.07, 6.45) is 5.12. The first-order valence-corrected chi connectivity index (χ1v) is 4.10. The molecule has 0 heterocycles. The summed E-state index contributed by atoms with van der Waals surface area (Å²) in [7, 11) is 0. The van der Waals surface area contributed by atoms with Gasteiger partial charge in [0.25, 0.3) is 0 Å². The monoisotopic (exact) mass is 212 g/mol. The number of allylic oxidation sites excluding steroid dienone is 2. The summed E-state index contributed by atoms with van der Waals surface area (Å²) in [6.45, 7) is 2.03. The third-order valence-electron chi connectivity index (χ3n) is 1.03.